The van der Waals surface area contributed by atoms with E-state index in [9.17, 15) is 18.0 Å². The van der Waals surface area contributed by atoms with E-state index in [-0.39, 0.29) is 36.2 Å². The number of para-hydroxylation sites is 1. The van der Waals surface area contributed by atoms with Gasteiger partial charge in [0, 0.05) is 45.4 Å². The zero-order chi connectivity index (χ0) is 30.0. The number of hydrogen-bond acceptors (Lipinski definition) is 7. The van der Waals surface area contributed by atoms with Crippen LogP contribution in [0.25, 0.3) is 22.3 Å². The minimum absolute atomic E-state index is 0.0775. The Kier molecular flexibility index (Phi) is 8.97. The van der Waals surface area contributed by atoms with Gasteiger partial charge in [0.1, 0.15) is 29.3 Å². The van der Waals surface area contributed by atoms with Crippen molar-refractivity contribution in [1.29, 1.82) is 0 Å². The molecule has 41 heavy (non-hydrogen) atoms. The van der Waals surface area contributed by atoms with Crippen LogP contribution in [0.2, 0.25) is 25.7 Å². The van der Waals surface area contributed by atoms with Gasteiger partial charge in [-0.2, -0.15) is 18.3 Å². The Bertz CT molecular complexity index is 1360. The quantitative estimate of drug-likeness (QED) is 0.232. The topological polar surface area (TPSA) is 94.4 Å². The molecule has 0 saturated carbocycles. The zero-order valence-corrected chi connectivity index (χ0v) is 25.5. The van der Waals surface area contributed by atoms with Gasteiger partial charge in [0.25, 0.3) is 0 Å². The number of piperidine rings is 1. The van der Waals surface area contributed by atoms with Crippen LogP contribution in [0.3, 0.4) is 0 Å². The summed E-state index contributed by atoms with van der Waals surface area (Å²) in [6, 6.07) is 7.96. The molecule has 4 rings (SSSR count). The lowest BCUT2D eigenvalue weighted by Crippen LogP contribution is -2.44. The van der Waals surface area contributed by atoms with Crippen molar-refractivity contribution in [2.75, 3.05) is 25.0 Å². The molecule has 2 aromatic heterocycles. The molecule has 1 aliphatic rings. The van der Waals surface area contributed by atoms with Crippen LogP contribution in [-0.2, 0) is 22.4 Å². The SMILES string of the molecule is CC(C)(C)OC(=O)N1CCC(Nc2ncc(C(F)(F)F)c(-c3nn(COCC[Si](C)(C)C)c4ccccc34)n2)CC1. The summed E-state index contributed by atoms with van der Waals surface area (Å²) in [5.74, 6) is 0.0775. The summed E-state index contributed by atoms with van der Waals surface area (Å²) >= 11 is 0. The zero-order valence-electron chi connectivity index (χ0n) is 24.5. The van der Waals surface area contributed by atoms with Crippen LogP contribution >= 0.6 is 0 Å². The van der Waals surface area contributed by atoms with E-state index in [0.29, 0.717) is 43.4 Å². The Morgan fingerprint density at radius 2 is 1.78 bits per heavy atom. The molecule has 13 heteroatoms. The second-order valence-corrected chi connectivity index (χ2v) is 18.2. The van der Waals surface area contributed by atoms with E-state index in [4.69, 9.17) is 9.47 Å². The lowest BCUT2D eigenvalue weighted by Gasteiger charge is -2.33. The Labute approximate surface area is 239 Å². The number of fused-ring (bicyclic) bond motifs is 1. The average molecular weight is 593 g/mol. The molecule has 0 radical (unpaired) electrons. The summed E-state index contributed by atoms with van der Waals surface area (Å²) in [4.78, 5) is 22.4. The molecular formula is C28H39F3N6O3Si. The van der Waals surface area contributed by atoms with Crippen molar-refractivity contribution < 1.29 is 27.4 Å². The molecule has 224 valence electrons. The van der Waals surface area contributed by atoms with E-state index < -0.39 is 25.4 Å². The van der Waals surface area contributed by atoms with Crippen LogP contribution in [0, 0.1) is 0 Å². The van der Waals surface area contributed by atoms with Gasteiger partial charge in [-0.25, -0.2) is 19.4 Å². The number of alkyl halides is 3. The lowest BCUT2D eigenvalue weighted by atomic mass is 10.1. The predicted molar refractivity (Wildman–Crippen MR) is 154 cm³/mol. The van der Waals surface area contributed by atoms with E-state index in [1.807, 2.05) is 26.8 Å². The van der Waals surface area contributed by atoms with Crippen molar-refractivity contribution in [3.8, 4) is 11.4 Å². The van der Waals surface area contributed by atoms with Crippen LogP contribution in [0.1, 0.15) is 39.2 Å². The molecule has 1 amide bonds. The highest BCUT2D eigenvalue weighted by molar-refractivity contribution is 6.76. The van der Waals surface area contributed by atoms with Crippen molar-refractivity contribution in [3.05, 3.63) is 36.0 Å². The standard InChI is InChI=1S/C28H39F3N6O3Si/c1-27(2,3)40-26(38)36-13-11-19(12-14-36)33-25-32-17-21(28(29,30)31)24(34-25)23-20-9-7-8-10-22(20)37(35-23)18-39-15-16-41(4,5)6/h7-10,17,19H,11-16,18H2,1-6H3,(H,32,33,34). The monoisotopic (exact) mass is 592 g/mol. The van der Waals surface area contributed by atoms with Crippen LogP contribution in [0.15, 0.2) is 30.5 Å². The first-order chi connectivity index (χ1) is 19.1. The molecule has 1 aliphatic heterocycles. The number of benzene rings is 1. The third kappa shape index (κ3) is 8.19. The van der Waals surface area contributed by atoms with Gasteiger partial charge in [0.2, 0.25) is 5.95 Å². The van der Waals surface area contributed by atoms with Crippen LogP contribution in [-0.4, -0.2) is 70.2 Å². The number of rotatable bonds is 8. The summed E-state index contributed by atoms with van der Waals surface area (Å²) in [6.07, 6.45) is -3.10. The van der Waals surface area contributed by atoms with Crippen molar-refractivity contribution in [2.45, 2.75) is 83.8 Å². The number of anilines is 1. The third-order valence-corrected chi connectivity index (χ3v) is 8.37. The number of carbonyl (C=O) groups is 1. The fraction of sp³-hybridized carbons (Fsp3) is 0.571. The number of aromatic nitrogens is 4. The van der Waals surface area contributed by atoms with Gasteiger partial charge < -0.3 is 19.7 Å². The fourth-order valence-corrected chi connectivity index (χ4v) is 5.24. The Balaban J connectivity index is 1.56. The van der Waals surface area contributed by atoms with Crippen molar-refractivity contribution in [2.24, 2.45) is 0 Å². The highest BCUT2D eigenvalue weighted by Gasteiger charge is 2.37. The molecule has 0 atom stereocenters. The van der Waals surface area contributed by atoms with E-state index in [2.05, 4.69) is 40.0 Å². The first-order valence-electron chi connectivity index (χ1n) is 13.8. The highest BCUT2D eigenvalue weighted by atomic mass is 28.3. The number of nitrogens with one attached hydrogen (secondary N) is 1. The van der Waals surface area contributed by atoms with Gasteiger partial charge in [-0.1, -0.05) is 37.8 Å². The average Bonchev–Trinajstić information content (AvgIpc) is 3.23. The Morgan fingerprint density at radius 1 is 1.10 bits per heavy atom. The molecule has 1 saturated heterocycles. The first-order valence-corrected chi connectivity index (χ1v) is 17.5. The summed E-state index contributed by atoms with van der Waals surface area (Å²) < 4.78 is 55.2. The smallest absolute Gasteiger partial charge is 0.420 e. The number of hydrogen-bond donors (Lipinski definition) is 1. The highest BCUT2D eigenvalue weighted by Crippen LogP contribution is 2.38. The molecule has 0 aliphatic carbocycles. The van der Waals surface area contributed by atoms with E-state index in [1.54, 1.807) is 27.8 Å². The van der Waals surface area contributed by atoms with E-state index >= 15 is 0 Å². The van der Waals surface area contributed by atoms with Gasteiger partial charge in [-0.15, -0.1) is 0 Å². The normalized spacial score (nSPS) is 15.4. The number of nitrogens with zero attached hydrogens (tertiary/aromatic N) is 5. The number of ether oxygens (including phenoxy) is 2. The second-order valence-electron chi connectivity index (χ2n) is 12.6. The second kappa shape index (κ2) is 12.0. The van der Waals surface area contributed by atoms with Gasteiger partial charge in [0.05, 0.1) is 5.52 Å². The van der Waals surface area contributed by atoms with Gasteiger partial charge in [-0.05, 0) is 45.7 Å². The predicted octanol–water partition coefficient (Wildman–Crippen LogP) is 6.64. The largest absolute Gasteiger partial charge is 0.444 e. The minimum atomic E-state index is -4.68. The van der Waals surface area contributed by atoms with Crippen LogP contribution < -0.4 is 5.32 Å². The van der Waals surface area contributed by atoms with Gasteiger partial charge >= 0.3 is 12.3 Å². The minimum Gasteiger partial charge on any atom is -0.444 e. The number of amides is 1. The molecule has 0 unspecified atom stereocenters. The lowest BCUT2D eigenvalue weighted by molar-refractivity contribution is -0.137. The van der Waals surface area contributed by atoms with E-state index in [1.165, 1.54) is 0 Å². The van der Waals surface area contributed by atoms with Crippen molar-refractivity contribution >= 4 is 31.0 Å². The molecular weight excluding hydrogens is 553 g/mol. The maximum Gasteiger partial charge on any atom is 0.420 e. The summed E-state index contributed by atoms with van der Waals surface area (Å²) in [6.45, 7) is 13.8. The van der Waals surface area contributed by atoms with Crippen molar-refractivity contribution in [1.82, 2.24) is 24.6 Å². The summed E-state index contributed by atoms with van der Waals surface area (Å²) in [5, 5.41) is 8.25. The maximum atomic E-state index is 14.1. The van der Waals surface area contributed by atoms with Gasteiger partial charge in [0.15, 0.2) is 0 Å². The van der Waals surface area contributed by atoms with Crippen LogP contribution in [0.4, 0.5) is 23.9 Å². The first kappa shape index (κ1) is 30.8. The number of likely N-dealkylation sites (tertiary alicyclic amines) is 1. The number of carbonyl (C=O) groups excluding carboxylic acids is 1. The third-order valence-electron chi connectivity index (χ3n) is 6.67. The number of halogens is 3. The molecule has 1 N–H and O–H groups in total. The van der Waals surface area contributed by atoms with E-state index in [0.717, 1.165) is 12.2 Å². The summed E-state index contributed by atoms with van der Waals surface area (Å²) in [5.41, 5.74) is -1.07. The van der Waals surface area contributed by atoms with Gasteiger partial charge in [-0.3, -0.25) is 0 Å². The Morgan fingerprint density at radius 3 is 2.41 bits per heavy atom. The fourth-order valence-electron chi connectivity index (χ4n) is 4.48. The van der Waals surface area contributed by atoms with Crippen molar-refractivity contribution in [3.63, 3.8) is 0 Å². The summed E-state index contributed by atoms with van der Waals surface area (Å²) in [7, 11) is -1.30. The molecule has 0 bridgehead atoms. The Hall–Kier alpha value is -3.19. The molecule has 9 nitrogen and oxygen atoms in total. The maximum absolute atomic E-state index is 14.1. The van der Waals surface area contributed by atoms with Crippen LogP contribution in [0.5, 0.6) is 0 Å². The molecule has 1 aromatic carbocycles. The molecule has 0 spiro atoms. The molecule has 3 heterocycles. The molecule has 1 fully saturated rings. The molecule has 3 aromatic rings.